The zero-order chi connectivity index (χ0) is 18.2. The van der Waals surface area contributed by atoms with Crippen molar-refractivity contribution in [3.05, 3.63) is 59.9 Å². The third kappa shape index (κ3) is 5.54. The van der Waals surface area contributed by atoms with Crippen LogP contribution < -0.4 is 15.4 Å². The van der Waals surface area contributed by atoms with Gasteiger partial charge in [-0.25, -0.2) is 0 Å². The first kappa shape index (κ1) is 18.4. The summed E-state index contributed by atoms with van der Waals surface area (Å²) in [6.45, 7) is 4.16. The fourth-order valence-corrected chi connectivity index (χ4v) is 3.16. The molecule has 1 saturated heterocycles. The van der Waals surface area contributed by atoms with E-state index in [9.17, 15) is 4.79 Å². The highest BCUT2D eigenvalue weighted by Crippen LogP contribution is 2.11. The second kappa shape index (κ2) is 9.31. The summed E-state index contributed by atoms with van der Waals surface area (Å²) in [7, 11) is 1.64. The summed E-state index contributed by atoms with van der Waals surface area (Å²) in [5.41, 5.74) is 2.27. The Kier molecular flexibility index (Phi) is 6.57. The average molecular weight is 354 g/mol. The summed E-state index contributed by atoms with van der Waals surface area (Å²) in [4.78, 5) is 18.8. The van der Waals surface area contributed by atoms with Gasteiger partial charge in [0.25, 0.3) is 0 Å². The molecule has 1 aliphatic heterocycles. The van der Waals surface area contributed by atoms with Gasteiger partial charge in [0, 0.05) is 57.6 Å². The molecule has 2 heterocycles. The minimum atomic E-state index is 0.0709. The molecule has 1 amide bonds. The molecule has 6 heteroatoms. The molecule has 0 bridgehead atoms. The van der Waals surface area contributed by atoms with Gasteiger partial charge in [-0.15, -0.1) is 0 Å². The lowest BCUT2D eigenvalue weighted by Gasteiger charge is -2.33. The highest BCUT2D eigenvalue weighted by molar-refractivity contribution is 5.76. The molecule has 1 unspecified atom stereocenters. The van der Waals surface area contributed by atoms with Crippen LogP contribution in [0.2, 0.25) is 0 Å². The molecule has 0 saturated carbocycles. The van der Waals surface area contributed by atoms with Crippen molar-refractivity contribution in [2.45, 2.75) is 25.6 Å². The van der Waals surface area contributed by atoms with E-state index in [0.717, 1.165) is 37.5 Å². The number of rotatable bonds is 7. The molecule has 0 aliphatic carbocycles. The van der Waals surface area contributed by atoms with Gasteiger partial charge in [-0.2, -0.15) is 0 Å². The van der Waals surface area contributed by atoms with Crippen LogP contribution in [0, 0.1) is 0 Å². The van der Waals surface area contributed by atoms with Gasteiger partial charge in [-0.1, -0.05) is 18.2 Å². The lowest BCUT2D eigenvalue weighted by atomic mass is 10.1. The number of carbonyl (C=O) groups excluding carboxylic acids is 1. The van der Waals surface area contributed by atoms with Crippen LogP contribution in [0.25, 0.3) is 0 Å². The van der Waals surface area contributed by atoms with E-state index in [4.69, 9.17) is 4.74 Å². The Morgan fingerprint density at radius 1 is 1.31 bits per heavy atom. The number of hydrogen-bond acceptors (Lipinski definition) is 5. The largest absolute Gasteiger partial charge is 0.497 e. The van der Waals surface area contributed by atoms with Crippen LogP contribution in [0.3, 0.4) is 0 Å². The molecule has 1 atom stereocenters. The van der Waals surface area contributed by atoms with Gasteiger partial charge in [0.15, 0.2) is 0 Å². The molecule has 138 valence electrons. The first-order valence-electron chi connectivity index (χ1n) is 8.97. The zero-order valence-electron chi connectivity index (χ0n) is 15.1. The third-order valence-electron chi connectivity index (χ3n) is 4.55. The minimum absolute atomic E-state index is 0.0709. The molecular weight excluding hydrogens is 328 g/mol. The molecule has 1 fully saturated rings. The highest BCUT2D eigenvalue weighted by atomic mass is 16.5. The van der Waals surface area contributed by atoms with Crippen LogP contribution in [-0.2, 0) is 17.9 Å². The number of methoxy groups -OCH3 is 1. The summed E-state index contributed by atoms with van der Waals surface area (Å²) >= 11 is 0. The fourth-order valence-electron chi connectivity index (χ4n) is 3.16. The zero-order valence-corrected chi connectivity index (χ0v) is 15.1. The molecule has 0 spiro atoms. The first-order chi connectivity index (χ1) is 12.7. The second-order valence-corrected chi connectivity index (χ2v) is 6.58. The molecule has 1 aliphatic rings. The quantitative estimate of drug-likeness (QED) is 0.790. The van der Waals surface area contributed by atoms with Crippen molar-refractivity contribution < 1.29 is 9.53 Å². The summed E-state index contributed by atoms with van der Waals surface area (Å²) < 4.78 is 5.14. The third-order valence-corrected chi connectivity index (χ3v) is 4.55. The lowest BCUT2D eigenvalue weighted by molar-refractivity contribution is -0.122. The molecule has 2 aromatic rings. The van der Waals surface area contributed by atoms with Crippen molar-refractivity contribution in [3.63, 3.8) is 0 Å². The number of pyridine rings is 1. The van der Waals surface area contributed by atoms with Crippen molar-refractivity contribution in [1.82, 2.24) is 20.5 Å². The number of aromatic nitrogens is 1. The summed E-state index contributed by atoms with van der Waals surface area (Å²) in [5.74, 6) is 0.890. The van der Waals surface area contributed by atoms with Crippen molar-refractivity contribution in [2.75, 3.05) is 26.7 Å². The predicted octanol–water partition coefficient (Wildman–Crippen LogP) is 1.57. The number of hydrogen-bond donors (Lipinski definition) is 2. The van der Waals surface area contributed by atoms with E-state index in [1.54, 1.807) is 13.3 Å². The van der Waals surface area contributed by atoms with Crippen LogP contribution in [0.1, 0.15) is 17.5 Å². The van der Waals surface area contributed by atoms with Gasteiger partial charge in [0.05, 0.1) is 7.11 Å². The van der Waals surface area contributed by atoms with E-state index in [1.165, 1.54) is 5.56 Å². The Morgan fingerprint density at radius 2 is 2.15 bits per heavy atom. The van der Waals surface area contributed by atoms with E-state index in [-0.39, 0.29) is 11.9 Å². The highest BCUT2D eigenvalue weighted by Gasteiger charge is 2.21. The van der Waals surface area contributed by atoms with Gasteiger partial charge >= 0.3 is 0 Å². The normalized spacial score (nSPS) is 17.7. The minimum Gasteiger partial charge on any atom is -0.497 e. The number of carbonyl (C=O) groups is 1. The standard InChI is InChI=1S/C20H26N4O2/c1-26-19-6-4-16(5-7-19)13-23-20(25)11-18-15-24(10-9-22-18)14-17-3-2-8-21-12-17/h2-8,12,18,22H,9-11,13-15H2,1H3,(H,23,25). The maximum absolute atomic E-state index is 12.3. The van der Waals surface area contributed by atoms with Gasteiger partial charge in [-0.05, 0) is 29.3 Å². The topological polar surface area (TPSA) is 66.5 Å². The Morgan fingerprint density at radius 3 is 2.88 bits per heavy atom. The van der Waals surface area contributed by atoms with E-state index < -0.39 is 0 Å². The van der Waals surface area contributed by atoms with E-state index in [0.29, 0.717) is 13.0 Å². The Hall–Kier alpha value is -2.44. The molecule has 2 N–H and O–H groups in total. The number of piperazine rings is 1. The number of ether oxygens (including phenoxy) is 1. The van der Waals surface area contributed by atoms with E-state index in [2.05, 4.69) is 26.6 Å². The number of amides is 1. The molecule has 1 aromatic heterocycles. The van der Waals surface area contributed by atoms with Gasteiger partial charge < -0.3 is 15.4 Å². The number of benzene rings is 1. The Labute approximate surface area is 154 Å². The Bertz CT molecular complexity index is 691. The second-order valence-electron chi connectivity index (χ2n) is 6.58. The van der Waals surface area contributed by atoms with E-state index >= 15 is 0 Å². The van der Waals surface area contributed by atoms with Gasteiger partial charge in [0.2, 0.25) is 5.91 Å². The summed E-state index contributed by atoms with van der Waals surface area (Å²) in [5, 5.41) is 6.44. The molecule has 6 nitrogen and oxygen atoms in total. The van der Waals surface area contributed by atoms with Crippen molar-refractivity contribution in [2.24, 2.45) is 0 Å². The maximum atomic E-state index is 12.3. The smallest absolute Gasteiger partial charge is 0.221 e. The lowest BCUT2D eigenvalue weighted by Crippen LogP contribution is -2.51. The fraction of sp³-hybridized carbons (Fsp3) is 0.400. The number of nitrogens with one attached hydrogen (secondary N) is 2. The van der Waals surface area contributed by atoms with Crippen LogP contribution in [0.15, 0.2) is 48.8 Å². The predicted molar refractivity (Wildman–Crippen MR) is 101 cm³/mol. The molecule has 1 aromatic carbocycles. The van der Waals surface area contributed by atoms with Crippen molar-refractivity contribution in [3.8, 4) is 5.75 Å². The van der Waals surface area contributed by atoms with Gasteiger partial charge in [0.1, 0.15) is 5.75 Å². The maximum Gasteiger partial charge on any atom is 0.221 e. The Balaban J connectivity index is 1.43. The molecular formula is C20H26N4O2. The first-order valence-corrected chi connectivity index (χ1v) is 8.97. The number of nitrogens with zero attached hydrogens (tertiary/aromatic N) is 2. The monoisotopic (exact) mass is 354 g/mol. The SMILES string of the molecule is COc1ccc(CNC(=O)CC2CN(Cc3cccnc3)CCN2)cc1. The van der Waals surface area contributed by atoms with Crippen LogP contribution in [-0.4, -0.2) is 48.6 Å². The van der Waals surface area contributed by atoms with E-state index in [1.807, 2.05) is 36.5 Å². The van der Waals surface area contributed by atoms with Crippen LogP contribution in [0.5, 0.6) is 5.75 Å². The van der Waals surface area contributed by atoms with Crippen LogP contribution in [0.4, 0.5) is 0 Å². The molecule has 26 heavy (non-hydrogen) atoms. The summed E-state index contributed by atoms with van der Waals surface area (Å²) in [6.07, 6.45) is 4.18. The molecule has 0 radical (unpaired) electrons. The van der Waals surface area contributed by atoms with Crippen molar-refractivity contribution >= 4 is 5.91 Å². The van der Waals surface area contributed by atoms with Crippen LogP contribution >= 0.6 is 0 Å². The van der Waals surface area contributed by atoms with Crippen molar-refractivity contribution in [1.29, 1.82) is 0 Å². The summed E-state index contributed by atoms with van der Waals surface area (Å²) in [6, 6.07) is 12.0. The van der Waals surface area contributed by atoms with Gasteiger partial charge in [-0.3, -0.25) is 14.7 Å². The molecule has 3 rings (SSSR count). The average Bonchev–Trinajstić information content (AvgIpc) is 2.68.